The second-order valence-electron chi connectivity index (χ2n) is 8.21. The number of allylic oxidation sites excluding steroid dienone is 8. The number of H-pyrrole nitrogens is 1. The van der Waals surface area contributed by atoms with Gasteiger partial charge >= 0.3 is 0 Å². The summed E-state index contributed by atoms with van der Waals surface area (Å²) in [6, 6.07) is 8.78. The number of rotatable bonds is 0. The Balaban J connectivity index is 1.73. The summed E-state index contributed by atoms with van der Waals surface area (Å²) in [5.74, 6) is 0.828. The lowest BCUT2D eigenvalue weighted by Gasteiger charge is -2.43. The maximum absolute atomic E-state index is 3.78. The number of fused-ring (bicyclic) bond motifs is 9. The number of benzene rings is 1. The van der Waals surface area contributed by atoms with Gasteiger partial charge in [-0.3, -0.25) is 0 Å². The molecule has 2 heteroatoms. The van der Waals surface area contributed by atoms with Crippen molar-refractivity contribution in [3.63, 3.8) is 0 Å². The maximum Gasteiger partial charge on any atom is 0.0462 e. The smallest absolute Gasteiger partial charge is 0.0462 e. The van der Waals surface area contributed by atoms with E-state index in [1.807, 2.05) is 0 Å². The van der Waals surface area contributed by atoms with E-state index in [1.165, 1.54) is 27.1 Å². The van der Waals surface area contributed by atoms with E-state index in [0.717, 1.165) is 0 Å². The van der Waals surface area contributed by atoms with Gasteiger partial charge in [-0.25, -0.2) is 0 Å². The van der Waals surface area contributed by atoms with Crippen molar-refractivity contribution in [2.75, 3.05) is 0 Å². The molecule has 26 heavy (non-hydrogen) atoms. The molecular weight excluding hydrogens is 334 g/mol. The molecule has 1 aromatic heterocycles. The number of hydrogen-bond acceptors (Lipinski definition) is 1. The normalized spacial score (nSPS) is 36.2. The topological polar surface area (TPSA) is 15.8 Å². The number of para-hydroxylation sites is 1. The summed E-state index contributed by atoms with van der Waals surface area (Å²) in [7, 11) is 0. The van der Waals surface area contributed by atoms with E-state index < -0.39 is 0 Å². The van der Waals surface area contributed by atoms with E-state index in [1.54, 1.807) is 5.57 Å². The molecule has 0 fully saturated rings. The van der Waals surface area contributed by atoms with Gasteiger partial charge in [0.05, 0.1) is 0 Å². The third-order valence-corrected chi connectivity index (χ3v) is 8.15. The van der Waals surface area contributed by atoms with E-state index in [-0.39, 0.29) is 10.2 Å². The minimum atomic E-state index is 0.0307. The largest absolute Gasteiger partial charge is 0.357 e. The molecule has 0 bridgehead atoms. The summed E-state index contributed by atoms with van der Waals surface area (Å²) in [6.45, 7) is 4.83. The van der Waals surface area contributed by atoms with Gasteiger partial charge in [0.15, 0.2) is 0 Å². The van der Waals surface area contributed by atoms with E-state index in [9.17, 15) is 0 Å². The van der Waals surface area contributed by atoms with Crippen LogP contribution in [-0.2, 0) is 0 Å². The first kappa shape index (κ1) is 14.9. The zero-order valence-corrected chi connectivity index (χ0v) is 15.8. The quantitative estimate of drug-likeness (QED) is 0.581. The van der Waals surface area contributed by atoms with Crippen LogP contribution in [0.2, 0.25) is 0 Å². The Kier molecular flexibility index (Phi) is 2.72. The third-order valence-electron chi connectivity index (χ3n) is 6.69. The molecule has 4 unspecified atom stereocenters. The second-order valence-corrected chi connectivity index (χ2v) is 9.71. The highest BCUT2D eigenvalue weighted by Gasteiger charge is 2.55. The highest BCUT2D eigenvalue weighted by molar-refractivity contribution is 8.10. The summed E-state index contributed by atoms with van der Waals surface area (Å²) >= 11 is 2.06. The van der Waals surface area contributed by atoms with Gasteiger partial charge in [0.25, 0.3) is 0 Å². The molecule has 4 atom stereocenters. The predicted octanol–water partition coefficient (Wildman–Crippen LogP) is 6.36. The molecule has 128 valence electrons. The number of nitrogens with one attached hydrogen (secondary N) is 1. The standard InChI is InChI=1S/C24H21NS/c1-23-13-7-5-11-17(23)21-19(15-9-3-4-12-18(15)25-21)22-20(23)16-10-6-8-14-24(16,2)26-22/h3-14,16-17,25H,1-2H3. The Morgan fingerprint density at radius 3 is 2.58 bits per heavy atom. The molecular formula is C24H21NS. The van der Waals surface area contributed by atoms with Gasteiger partial charge in [-0.1, -0.05) is 73.7 Å². The fourth-order valence-electron chi connectivity index (χ4n) is 5.41. The molecule has 0 spiro atoms. The molecule has 0 amide bonds. The van der Waals surface area contributed by atoms with Gasteiger partial charge in [-0.05, 0) is 18.6 Å². The van der Waals surface area contributed by atoms with Gasteiger partial charge in [0.2, 0.25) is 0 Å². The van der Waals surface area contributed by atoms with Crippen molar-refractivity contribution >= 4 is 27.6 Å². The van der Waals surface area contributed by atoms with E-state index in [4.69, 9.17) is 0 Å². The zero-order chi connectivity index (χ0) is 17.5. The Morgan fingerprint density at radius 2 is 1.69 bits per heavy atom. The van der Waals surface area contributed by atoms with E-state index in [2.05, 4.69) is 103 Å². The fraction of sp³-hybridized carbons (Fsp3) is 0.250. The van der Waals surface area contributed by atoms with Crippen molar-refractivity contribution in [3.8, 4) is 0 Å². The van der Waals surface area contributed by atoms with Crippen molar-refractivity contribution in [3.05, 3.63) is 89.7 Å². The lowest BCUT2D eigenvalue weighted by molar-refractivity contribution is 0.396. The third kappa shape index (κ3) is 1.64. The highest BCUT2D eigenvalue weighted by atomic mass is 32.2. The lowest BCUT2D eigenvalue weighted by Crippen LogP contribution is -2.36. The Morgan fingerprint density at radius 1 is 0.923 bits per heavy atom. The highest BCUT2D eigenvalue weighted by Crippen LogP contribution is 2.68. The Hall–Kier alpha value is -2.19. The average Bonchev–Trinajstić information content (AvgIpc) is 3.17. The zero-order valence-electron chi connectivity index (χ0n) is 15.0. The van der Waals surface area contributed by atoms with Gasteiger partial charge < -0.3 is 4.98 Å². The van der Waals surface area contributed by atoms with Crippen molar-refractivity contribution < 1.29 is 0 Å². The summed E-state index contributed by atoms with van der Waals surface area (Å²) in [4.78, 5) is 5.28. The van der Waals surface area contributed by atoms with Crippen molar-refractivity contribution in [2.45, 2.75) is 24.5 Å². The first-order valence-corrected chi connectivity index (χ1v) is 10.2. The molecule has 4 aliphatic rings. The molecule has 1 nitrogen and oxygen atoms in total. The summed E-state index contributed by atoms with van der Waals surface area (Å²) in [5.41, 5.74) is 5.72. The summed E-state index contributed by atoms with van der Waals surface area (Å²) in [5, 5.41) is 1.36. The molecule has 1 aliphatic heterocycles. The van der Waals surface area contributed by atoms with Gasteiger partial charge in [0, 0.05) is 49.1 Å². The van der Waals surface area contributed by atoms with Crippen LogP contribution < -0.4 is 0 Å². The van der Waals surface area contributed by atoms with Gasteiger partial charge in [0.1, 0.15) is 0 Å². The average molecular weight is 356 g/mol. The van der Waals surface area contributed by atoms with Crippen LogP contribution in [0, 0.1) is 11.3 Å². The van der Waals surface area contributed by atoms with Crippen molar-refractivity contribution in [2.24, 2.45) is 11.3 Å². The van der Waals surface area contributed by atoms with E-state index in [0.29, 0.717) is 11.8 Å². The van der Waals surface area contributed by atoms with Crippen LogP contribution >= 0.6 is 11.8 Å². The number of aromatic nitrogens is 1. The molecule has 0 radical (unpaired) electrons. The van der Waals surface area contributed by atoms with Crippen LogP contribution in [0.1, 0.15) is 31.0 Å². The van der Waals surface area contributed by atoms with Crippen LogP contribution in [0.4, 0.5) is 0 Å². The first-order valence-electron chi connectivity index (χ1n) is 9.38. The summed E-state index contributed by atoms with van der Waals surface area (Å²) < 4.78 is 0.113. The van der Waals surface area contributed by atoms with Gasteiger partial charge in [-0.2, -0.15) is 0 Å². The van der Waals surface area contributed by atoms with Crippen LogP contribution in [0.15, 0.2) is 78.4 Å². The Labute approximate surface area is 158 Å². The number of thioether (sulfide) groups is 1. The molecule has 2 aromatic rings. The molecule has 0 saturated heterocycles. The monoisotopic (exact) mass is 355 g/mol. The second kappa shape index (κ2) is 4.75. The lowest BCUT2D eigenvalue weighted by atomic mass is 9.59. The molecule has 3 aliphatic carbocycles. The minimum Gasteiger partial charge on any atom is -0.357 e. The van der Waals surface area contributed by atoms with Crippen LogP contribution in [0.5, 0.6) is 0 Å². The SMILES string of the molecule is CC12C=CC=CC1C1=C(S2)c2c([nH]c3ccccc23)C2C=CC=CC12C. The van der Waals surface area contributed by atoms with Gasteiger partial charge in [-0.15, -0.1) is 11.8 Å². The van der Waals surface area contributed by atoms with Crippen molar-refractivity contribution in [1.29, 1.82) is 0 Å². The van der Waals surface area contributed by atoms with Crippen molar-refractivity contribution in [1.82, 2.24) is 4.98 Å². The number of aromatic amines is 1. The number of hydrogen-bond donors (Lipinski definition) is 1. The molecule has 1 aromatic carbocycles. The van der Waals surface area contributed by atoms with Crippen LogP contribution in [0.25, 0.3) is 15.8 Å². The molecule has 2 heterocycles. The van der Waals surface area contributed by atoms with Crippen LogP contribution in [0.3, 0.4) is 0 Å². The fourth-order valence-corrected chi connectivity index (χ4v) is 7.10. The van der Waals surface area contributed by atoms with Crippen LogP contribution in [-0.4, -0.2) is 9.73 Å². The minimum absolute atomic E-state index is 0.0307. The Bertz CT molecular complexity index is 1110. The molecule has 1 N–H and O–H groups in total. The van der Waals surface area contributed by atoms with E-state index >= 15 is 0 Å². The molecule has 6 rings (SSSR count). The summed E-state index contributed by atoms with van der Waals surface area (Å²) in [6.07, 6.45) is 18.5. The maximum atomic E-state index is 3.78. The first-order chi connectivity index (χ1) is 12.6. The predicted molar refractivity (Wildman–Crippen MR) is 112 cm³/mol. The molecule has 0 saturated carbocycles.